The summed E-state index contributed by atoms with van der Waals surface area (Å²) in [4.78, 5) is 0. The first kappa shape index (κ1) is 11.3. The number of rotatable bonds is 1. The smallest absolute Gasteiger partial charge is 0.104 e. The van der Waals surface area contributed by atoms with E-state index >= 15 is 0 Å². The lowest BCUT2D eigenvalue weighted by molar-refractivity contribution is 0.499. The van der Waals surface area contributed by atoms with Gasteiger partial charge in [-0.15, -0.1) is 0 Å². The van der Waals surface area contributed by atoms with Gasteiger partial charge in [0.05, 0.1) is 0 Å². The summed E-state index contributed by atoms with van der Waals surface area (Å²) in [5, 5.41) is 0. The molecule has 1 aromatic rings. The predicted molar refractivity (Wildman–Crippen MR) is 53.6 cm³/mol. The molecule has 0 atom stereocenters. The first-order valence-corrected chi connectivity index (χ1v) is 4.68. The molecular formula is C11H20O. The van der Waals surface area contributed by atoms with E-state index in [1.807, 2.05) is 27.7 Å². The van der Waals surface area contributed by atoms with Gasteiger partial charge in [-0.25, -0.2) is 0 Å². The molecule has 0 amide bonds. The molecule has 0 radical (unpaired) electrons. The van der Waals surface area contributed by atoms with Gasteiger partial charge in [0, 0.05) is 0 Å². The Hall–Kier alpha value is -0.720. The molecule has 0 aliphatic heterocycles. The number of hydrogen-bond donors (Lipinski definition) is 0. The lowest BCUT2D eigenvalue weighted by atomic mass is 10.0. The molecule has 0 spiro atoms. The molecule has 1 nitrogen and oxygen atoms in total. The SMILES string of the molecule is CC.Cc1cc(C(C)C)c(C)o1. The quantitative estimate of drug-likeness (QED) is 0.616. The van der Waals surface area contributed by atoms with Gasteiger partial charge >= 0.3 is 0 Å². The van der Waals surface area contributed by atoms with E-state index in [0.29, 0.717) is 5.92 Å². The molecule has 0 aliphatic rings. The zero-order chi connectivity index (χ0) is 9.72. The standard InChI is InChI=1S/C9H14O.C2H6/c1-6(2)9-5-7(3)10-8(9)4;1-2/h5-6H,1-4H3;1-2H3. The van der Waals surface area contributed by atoms with Crippen molar-refractivity contribution in [2.75, 3.05) is 0 Å². The summed E-state index contributed by atoms with van der Waals surface area (Å²) in [6, 6.07) is 2.11. The van der Waals surface area contributed by atoms with Gasteiger partial charge in [0.2, 0.25) is 0 Å². The Labute approximate surface area is 75.8 Å². The van der Waals surface area contributed by atoms with E-state index in [1.54, 1.807) is 0 Å². The number of furan rings is 1. The summed E-state index contributed by atoms with van der Waals surface area (Å²) < 4.78 is 5.38. The summed E-state index contributed by atoms with van der Waals surface area (Å²) in [5.41, 5.74) is 1.33. The summed E-state index contributed by atoms with van der Waals surface area (Å²) >= 11 is 0. The highest BCUT2D eigenvalue weighted by molar-refractivity contribution is 5.23. The first-order chi connectivity index (χ1) is 5.61. The molecule has 0 bridgehead atoms. The van der Waals surface area contributed by atoms with Crippen LogP contribution >= 0.6 is 0 Å². The van der Waals surface area contributed by atoms with Crippen LogP contribution in [0.5, 0.6) is 0 Å². The van der Waals surface area contributed by atoms with Crippen molar-refractivity contribution in [2.24, 2.45) is 0 Å². The monoisotopic (exact) mass is 168 g/mol. The van der Waals surface area contributed by atoms with Crippen molar-refractivity contribution < 1.29 is 4.42 Å². The highest BCUT2D eigenvalue weighted by Crippen LogP contribution is 2.21. The molecule has 0 saturated heterocycles. The topological polar surface area (TPSA) is 13.1 Å². The Bertz CT molecular complexity index is 221. The van der Waals surface area contributed by atoms with Crippen LogP contribution in [-0.4, -0.2) is 0 Å². The molecule has 70 valence electrons. The van der Waals surface area contributed by atoms with Gasteiger partial charge in [-0.05, 0) is 31.4 Å². The Morgan fingerprint density at radius 1 is 1.17 bits per heavy atom. The van der Waals surface area contributed by atoms with Crippen molar-refractivity contribution in [1.29, 1.82) is 0 Å². The Morgan fingerprint density at radius 2 is 1.67 bits per heavy atom. The van der Waals surface area contributed by atoms with Crippen LogP contribution < -0.4 is 0 Å². The predicted octanol–water partition coefficient (Wildman–Crippen LogP) is 4.05. The third-order valence-corrected chi connectivity index (χ3v) is 1.70. The summed E-state index contributed by atoms with van der Waals surface area (Å²) in [6.45, 7) is 12.4. The van der Waals surface area contributed by atoms with Crippen LogP contribution in [0.3, 0.4) is 0 Å². The molecule has 1 heterocycles. The molecule has 0 aliphatic carbocycles. The second-order valence-corrected chi connectivity index (χ2v) is 3.02. The van der Waals surface area contributed by atoms with Crippen LogP contribution in [0, 0.1) is 13.8 Å². The van der Waals surface area contributed by atoms with Crippen molar-refractivity contribution in [1.82, 2.24) is 0 Å². The van der Waals surface area contributed by atoms with Gasteiger partial charge in [0.1, 0.15) is 11.5 Å². The minimum absolute atomic E-state index is 0.581. The maximum Gasteiger partial charge on any atom is 0.104 e. The maximum atomic E-state index is 5.38. The normalized spacial score (nSPS) is 9.58. The fraction of sp³-hybridized carbons (Fsp3) is 0.636. The van der Waals surface area contributed by atoms with E-state index in [2.05, 4.69) is 19.9 Å². The molecule has 12 heavy (non-hydrogen) atoms. The Kier molecular flexibility index (Phi) is 4.72. The first-order valence-electron chi connectivity index (χ1n) is 4.68. The summed E-state index contributed by atoms with van der Waals surface area (Å²) in [5.74, 6) is 2.66. The molecule has 0 N–H and O–H groups in total. The molecule has 0 saturated carbocycles. The van der Waals surface area contributed by atoms with Crippen LogP contribution in [0.2, 0.25) is 0 Å². The van der Waals surface area contributed by atoms with E-state index in [4.69, 9.17) is 4.42 Å². The summed E-state index contributed by atoms with van der Waals surface area (Å²) in [7, 11) is 0. The van der Waals surface area contributed by atoms with E-state index in [9.17, 15) is 0 Å². The van der Waals surface area contributed by atoms with E-state index in [-0.39, 0.29) is 0 Å². The maximum absolute atomic E-state index is 5.38. The highest BCUT2D eigenvalue weighted by Gasteiger charge is 2.06. The number of aryl methyl sites for hydroxylation is 2. The average Bonchev–Trinajstić information content (AvgIpc) is 2.34. The zero-order valence-electron chi connectivity index (χ0n) is 9.06. The van der Waals surface area contributed by atoms with Gasteiger partial charge in [-0.1, -0.05) is 27.7 Å². The van der Waals surface area contributed by atoms with Crippen LogP contribution in [0.4, 0.5) is 0 Å². The van der Waals surface area contributed by atoms with Crippen LogP contribution in [0.1, 0.15) is 50.7 Å². The fourth-order valence-corrected chi connectivity index (χ4v) is 1.22. The average molecular weight is 168 g/mol. The molecule has 1 heteroatoms. The van der Waals surface area contributed by atoms with Crippen molar-refractivity contribution in [3.63, 3.8) is 0 Å². The van der Waals surface area contributed by atoms with Crippen LogP contribution in [-0.2, 0) is 0 Å². The molecule has 1 aromatic heterocycles. The van der Waals surface area contributed by atoms with Gasteiger partial charge in [0.15, 0.2) is 0 Å². The largest absolute Gasteiger partial charge is 0.466 e. The third kappa shape index (κ3) is 2.72. The lowest BCUT2D eigenvalue weighted by Gasteiger charge is -1.99. The zero-order valence-corrected chi connectivity index (χ0v) is 9.06. The lowest BCUT2D eigenvalue weighted by Crippen LogP contribution is -1.84. The highest BCUT2D eigenvalue weighted by atomic mass is 16.3. The summed E-state index contributed by atoms with van der Waals surface area (Å²) in [6.07, 6.45) is 0. The Balaban J connectivity index is 0.000000561. The number of hydrogen-bond acceptors (Lipinski definition) is 1. The van der Waals surface area contributed by atoms with Crippen molar-refractivity contribution >= 4 is 0 Å². The Morgan fingerprint density at radius 3 is 1.83 bits per heavy atom. The van der Waals surface area contributed by atoms with Gasteiger partial charge in [0.25, 0.3) is 0 Å². The van der Waals surface area contributed by atoms with Crippen molar-refractivity contribution in [3.8, 4) is 0 Å². The second kappa shape index (κ2) is 5.02. The van der Waals surface area contributed by atoms with Gasteiger partial charge in [-0.3, -0.25) is 0 Å². The van der Waals surface area contributed by atoms with Crippen LogP contribution in [0.25, 0.3) is 0 Å². The molecule has 0 aromatic carbocycles. The van der Waals surface area contributed by atoms with Crippen molar-refractivity contribution in [3.05, 3.63) is 23.2 Å². The van der Waals surface area contributed by atoms with Gasteiger partial charge < -0.3 is 4.42 Å². The van der Waals surface area contributed by atoms with Crippen LogP contribution in [0.15, 0.2) is 10.5 Å². The van der Waals surface area contributed by atoms with E-state index < -0.39 is 0 Å². The minimum atomic E-state index is 0.581. The second-order valence-electron chi connectivity index (χ2n) is 3.02. The van der Waals surface area contributed by atoms with Gasteiger partial charge in [-0.2, -0.15) is 0 Å². The minimum Gasteiger partial charge on any atom is -0.466 e. The molecule has 0 fully saturated rings. The molecular weight excluding hydrogens is 148 g/mol. The third-order valence-electron chi connectivity index (χ3n) is 1.70. The van der Waals surface area contributed by atoms with Crippen molar-refractivity contribution in [2.45, 2.75) is 47.5 Å². The van der Waals surface area contributed by atoms with E-state index in [1.165, 1.54) is 5.56 Å². The molecule has 1 rings (SSSR count). The van der Waals surface area contributed by atoms with E-state index in [0.717, 1.165) is 11.5 Å². The fourth-order valence-electron chi connectivity index (χ4n) is 1.22. The molecule has 0 unspecified atom stereocenters.